The Morgan fingerprint density at radius 3 is 0.977 bits per heavy atom. The molecule has 44 heavy (non-hydrogen) atoms. The maximum absolute atomic E-state index is 12.8. The number of carbonyl (C=O) groups excluding carboxylic acids is 7. The van der Waals surface area contributed by atoms with E-state index in [-0.39, 0.29) is 13.1 Å². The molecule has 0 bridgehead atoms. The summed E-state index contributed by atoms with van der Waals surface area (Å²) in [6.45, 7) is 9.44. The predicted molar refractivity (Wildman–Crippen MR) is 143 cm³/mol. The normalized spacial score (nSPS) is 31.4. The molecular formula is C27H40N2O15. The van der Waals surface area contributed by atoms with Crippen molar-refractivity contribution in [2.24, 2.45) is 0 Å². The average molecular weight is 633 g/mol. The van der Waals surface area contributed by atoms with Crippen LogP contribution >= 0.6 is 0 Å². The summed E-state index contributed by atoms with van der Waals surface area (Å²) in [6.07, 6.45) is -10.9. The van der Waals surface area contributed by atoms with E-state index in [9.17, 15) is 33.6 Å². The molecule has 0 aromatic rings. The molecule has 0 unspecified atom stereocenters. The van der Waals surface area contributed by atoms with Crippen LogP contribution in [0.5, 0.6) is 0 Å². The van der Waals surface area contributed by atoms with Crippen molar-refractivity contribution in [3.05, 3.63) is 0 Å². The van der Waals surface area contributed by atoms with Crippen molar-refractivity contribution in [2.45, 2.75) is 116 Å². The number of nitrogens with one attached hydrogen (secondary N) is 2. The van der Waals surface area contributed by atoms with E-state index >= 15 is 0 Å². The van der Waals surface area contributed by atoms with Crippen LogP contribution in [-0.4, -0.2) is 116 Å². The van der Waals surface area contributed by atoms with Gasteiger partial charge in [0.25, 0.3) is 0 Å². The van der Waals surface area contributed by atoms with Gasteiger partial charge in [0, 0.05) is 54.6 Å². The molecule has 0 spiro atoms. The molecule has 0 radical (unpaired) electrons. The standard InChI is InChI=1S/C27H40N2O15/c1-11-21(39-13(3)30)25(43-17(7)34)23(41-15(5)32)19(37-11)9-28-27(36)29-10-20-24(42-16(6)33)26(44-18(8)35)22(12(2)38-20)40-14(4)31/h11-12,19-26H,9-10H2,1-8H3,(H2,28,29,36)/t11-,12-,19+,20+,21+,22+,23+,24+,25+,26+/m0/s1. The molecule has 0 aliphatic carbocycles. The third kappa shape index (κ3) is 10.6. The number of ether oxygens (including phenoxy) is 8. The molecule has 17 nitrogen and oxygen atoms in total. The van der Waals surface area contributed by atoms with Gasteiger partial charge in [-0.3, -0.25) is 28.8 Å². The molecule has 2 saturated heterocycles. The molecule has 0 aromatic heterocycles. The van der Waals surface area contributed by atoms with E-state index in [0.29, 0.717) is 0 Å². The van der Waals surface area contributed by atoms with E-state index in [2.05, 4.69) is 10.6 Å². The Kier molecular flexibility index (Phi) is 13.3. The van der Waals surface area contributed by atoms with E-state index in [1.807, 2.05) is 0 Å². The van der Waals surface area contributed by atoms with Gasteiger partial charge in [0.15, 0.2) is 36.6 Å². The third-order valence-corrected chi connectivity index (χ3v) is 6.47. The van der Waals surface area contributed by atoms with Crippen LogP contribution in [0.25, 0.3) is 0 Å². The third-order valence-electron chi connectivity index (χ3n) is 6.47. The minimum atomic E-state index is -1.25. The Balaban J connectivity index is 2.17. The molecular weight excluding hydrogens is 592 g/mol. The second-order valence-electron chi connectivity index (χ2n) is 10.3. The number of hydrogen-bond donors (Lipinski definition) is 2. The van der Waals surface area contributed by atoms with E-state index in [1.54, 1.807) is 13.8 Å². The molecule has 0 saturated carbocycles. The van der Waals surface area contributed by atoms with Crippen LogP contribution in [-0.2, 0) is 66.7 Å². The molecule has 2 aliphatic heterocycles. The molecule has 2 aliphatic rings. The lowest BCUT2D eigenvalue weighted by Gasteiger charge is -2.44. The molecule has 2 fully saturated rings. The van der Waals surface area contributed by atoms with E-state index in [1.165, 1.54) is 0 Å². The fourth-order valence-electron chi connectivity index (χ4n) is 5.00. The first kappa shape index (κ1) is 36.2. The van der Waals surface area contributed by atoms with Crippen LogP contribution in [0.2, 0.25) is 0 Å². The first-order chi connectivity index (χ1) is 20.5. The van der Waals surface area contributed by atoms with Gasteiger partial charge in [0.1, 0.15) is 12.2 Å². The Morgan fingerprint density at radius 1 is 0.455 bits per heavy atom. The Bertz CT molecular complexity index is 1020. The van der Waals surface area contributed by atoms with Crippen molar-refractivity contribution >= 4 is 41.8 Å². The van der Waals surface area contributed by atoms with Crippen LogP contribution in [0, 0.1) is 0 Å². The molecule has 2 rings (SSSR count). The monoisotopic (exact) mass is 632 g/mol. The SMILES string of the molecule is CC(=O)O[C@@H]1[C@H](OC(C)=O)[C@H](C)O[C@H](CNC(=O)NC[C@H]2O[C@@H](C)[C@@H](OC(C)=O)[C@@H](OC(C)=O)[C@@H]2OC(C)=O)[C@H]1OC(C)=O. The number of carbonyl (C=O) groups is 7. The summed E-state index contributed by atoms with van der Waals surface area (Å²) in [4.78, 5) is 83.7. The van der Waals surface area contributed by atoms with Crippen molar-refractivity contribution in [2.75, 3.05) is 13.1 Å². The van der Waals surface area contributed by atoms with Crippen LogP contribution in [0.4, 0.5) is 4.79 Å². The highest BCUT2D eigenvalue weighted by Crippen LogP contribution is 2.30. The maximum atomic E-state index is 12.8. The summed E-state index contributed by atoms with van der Waals surface area (Å²) in [5.74, 6) is -4.29. The minimum absolute atomic E-state index is 0.251. The Labute approximate surface area is 253 Å². The topological polar surface area (TPSA) is 217 Å². The van der Waals surface area contributed by atoms with Gasteiger partial charge in [-0.25, -0.2) is 4.79 Å². The minimum Gasteiger partial charge on any atom is -0.456 e. The van der Waals surface area contributed by atoms with Crippen molar-refractivity contribution < 1.29 is 71.5 Å². The number of amides is 2. The van der Waals surface area contributed by atoms with Gasteiger partial charge in [0.2, 0.25) is 0 Å². The fraction of sp³-hybridized carbons (Fsp3) is 0.741. The molecule has 2 heterocycles. The quantitative estimate of drug-likeness (QED) is 0.228. The van der Waals surface area contributed by atoms with Gasteiger partial charge in [-0.15, -0.1) is 0 Å². The smallest absolute Gasteiger partial charge is 0.314 e. The second kappa shape index (κ2) is 16.2. The molecule has 248 valence electrons. The summed E-state index contributed by atoms with van der Waals surface area (Å²) in [5.41, 5.74) is 0. The van der Waals surface area contributed by atoms with E-state index < -0.39 is 103 Å². The molecule has 2 N–H and O–H groups in total. The van der Waals surface area contributed by atoms with Gasteiger partial charge >= 0.3 is 41.8 Å². The lowest BCUT2D eigenvalue weighted by Crippen LogP contribution is -2.64. The summed E-state index contributed by atoms with van der Waals surface area (Å²) < 4.78 is 43.7. The average Bonchev–Trinajstić information content (AvgIpc) is 2.88. The molecule has 0 aromatic carbocycles. The van der Waals surface area contributed by atoms with Gasteiger partial charge in [0.05, 0.1) is 12.2 Å². The van der Waals surface area contributed by atoms with Crippen molar-refractivity contribution in [3.8, 4) is 0 Å². The van der Waals surface area contributed by atoms with Gasteiger partial charge in [-0.2, -0.15) is 0 Å². The highest BCUT2D eigenvalue weighted by Gasteiger charge is 2.51. The molecule has 2 amide bonds. The van der Waals surface area contributed by atoms with Crippen molar-refractivity contribution in [1.82, 2.24) is 10.6 Å². The largest absolute Gasteiger partial charge is 0.456 e. The zero-order chi connectivity index (χ0) is 33.3. The highest BCUT2D eigenvalue weighted by molar-refractivity contribution is 5.74. The first-order valence-corrected chi connectivity index (χ1v) is 13.9. The zero-order valence-electron chi connectivity index (χ0n) is 25.8. The van der Waals surface area contributed by atoms with Gasteiger partial charge < -0.3 is 48.5 Å². The van der Waals surface area contributed by atoms with Crippen LogP contribution in [0.3, 0.4) is 0 Å². The number of hydrogen-bond acceptors (Lipinski definition) is 15. The van der Waals surface area contributed by atoms with E-state index in [0.717, 1.165) is 41.5 Å². The summed E-state index contributed by atoms with van der Waals surface area (Å²) in [7, 11) is 0. The second-order valence-corrected chi connectivity index (χ2v) is 10.3. The lowest BCUT2D eigenvalue weighted by molar-refractivity contribution is -0.242. The van der Waals surface area contributed by atoms with Gasteiger partial charge in [-0.05, 0) is 13.8 Å². The molecule has 10 atom stereocenters. The first-order valence-electron chi connectivity index (χ1n) is 13.9. The van der Waals surface area contributed by atoms with E-state index in [4.69, 9.17) is 37.9 Å². The Morgan fingerprint density at radius 2 is 0.705 bits per heavy atom. The number of rotatable bonds is 10. The maximum Gasteiger partial charge on any atom is 0.314 e. The summed E-state index contributed by atoms with van der Waals surface area (Å²) in [6, 6.07) is -0.752. The summed E-state index contributed by atoms with van der Waals surface area (Å²) >= 11 is 0. The number of urea groups is 1. The summed E-state index contributed by atoms with van der Waals surface area (Å²) in [5, 5.41) is 5.12. The van der Waals surface area contributed by atoms with Crippen molar-refractivity contribution in [1.29, 1.82) is 0 Å². The zero-order valence-corrected chi connectivity index (χ0v) is 25.8. The van der Waals surface area contributed by atoms with Crippen LogP contribution < -0.4 is 10.6 Å². The highest BCUT2D eigenvalue weighted by atomic mass is 16.7. The van der Waals surface area contributed by atoms with Gasteiger partial charge in [-0.1, -0.05) is 0 Å². The number of esters is 6. The van der Waals surface area contributed by atoms with Crippen LogP contribution in [0.15, 0.2) is 0 Å². The fourth-order valence-corrected chi connectivity index (χ4v) is 5.00. The van der Waals surface area contributed by atoms with Crippen LogP contribution in [0.1, 0.15) is 55.4 Å². The molecule has 17 heteroatoms. The van der Waals surface area contributed by atoms with Crippen molar-refractivity contribution in [3.63, 3.8) is 0 Å². The Hall–Kier alpha value is -3.99. The lowest BCUT2D eigenvalue weighted by atomic mass is 9.94. The predicted octanol–water partition coefficient (Wildman–Crippen LogP) is -0.550.